The van der Waals surface area contributed by atoms with Crippen molar-refractivity contribution in [3.05, 3.63) is 58.1 Å². The van der Waals surface area contributed by atoms with Gasteiger partial charge in [-0.1, -0.05) is 23.7 Å². The summed E-state index contributed by atoms with van der Waals surface area (Å²) in [5.41, 5.74) is 0.592. The number of hydrogen-bond donors (Lipinski definition) is 0. The smallest absolute Gasteiger partial charge is 0.416 e. The summed E-state index contributed by atoms with van der Waals surface area (Å²) in [6.45, 7) is 2.19. The van der Waals surface area contributed by atoms with Gasteiger partial charge < -0.3 is 14.4 Å². The van der Waals surface area contributed by atoms with Gasteiger partial charge in [0.1, 0.15) is 0 Å². The molecule has 0 aromatic heterocycles. The zero-order chi connectivity index (χ0) is 22.6. The molecule has 1 aliphatic heterocycles. The van der Waals surface area contributed by atoms with Crippen LogP contribution in [0.25, 0.3) is 0 Å². The molecule has 0 radical (unpaired) electrons. The fourth-order valence-electron chi connectivity index (χ4n) is 3.56. The fourth-order valence-corrected chi connectivity index (χ4v) is 3.77. The van der Waals surface area contributed by atoms with Crippen LogP contribution in [0.3, 0.4) is 0 Å². The Morgan fingerprint density at radius 3 is 2.39 bits per heavy atom. The van der Waals surface area contributed by atoms with Crippen LogP contribution in [0.4, 0.5) is 13.2 Å². The zero-order valence-corrected chi connectivity index (χ0v) is 18.1. The van der Waals surface area contributed by atoms with E-state index < -0.39 is 11.7 Å². The van der Waals surface area contributed by atoms with Crippen LogP contribution in [-0.4, -0.2) is 49.6 Å². The van der Waals surface area contributed by atoms with Gasteiger partial charge in [-0.15, -0.1) is 0 Å². The van der Waals surface area contributed by atoms with E-state index >= 15 is 0 Å². The number of rotatable bonds is 6. The van der Waals surface area contributed by atoms with Crippen LogP contribution in [-0.2, 0) is 24.1 Å². The van der Waals surface area contributed by atoms with Crippen molar-refractivity contribution in [2.45, 2.75) is 25.7 Å². The standard InChI is InChI=1S/C22H24ClF3N2O3/c1-30-19-11-16(18(23)12-20(19)31-2)14-27-7-6-21(29)28(9-8-27)13-15-4-3-5-17(10-15)22(24,25)26/h3-5,10-12H,6-9,13-14H2,1-2H3. The van der Waals surface area contributed by atoms with Crippen LogP contribution in [0, 0.1) is 0 Å². The molecule has 3 rings (SSSR count). The summed E-state index contributed by atoms with van der Waals surface area (Å²) in [7, 11) is 3.08. The van der Waals surface area contributed by atoms with Crippen molar-refractivity contribution in [3.8, 4) is 11.5 Å². The largest absolute Gasteiger partial charge is 0.493 e. The molecule has 2 aromatic rings. The first-order chi connectivity index (χ1) is 14.7. The minimum Gasteiger partial charge on any atom is -0.493 e. The van der Waals surface area contributed by atoms with Gasteiger partial charge in [0.05, 0.1) is 19.8 Å². The summed E-state index contributed by atoms with van der Waals surface area (Å²) in [5.74, 6) is 1.02. The molecule has 5 nitrogen and oxygen atoms in total. The predicted molar refractivity (Wildman–Crippen MR) is 111 cm³/mol. The molecule has 168 valence electrons. The third kappa shape index (κ3) is 5.83. The molecule has 1 fully saturated rings. The molecule has 0 atom stereocenters. The number of hydrogen-bond acceptors (Lipinski definition) is 4. The summed E-state index contributed by atoms with van der Waals surface area (Å²) in [6, 6.07) is 8.61. The number of nitrogens with zero attached hydrogens (tertiary/aromatic N) is 2. The molecule has 1 heterocycles. The van der Waals surface area contributed by atoms with E-state index in [-0.39, 0.29) is 18.9 Å². The lowest BCUT2D eigenvalue weighted by Crippen LogP contribution is -2.32. The summed E-state index contributed by atoms with van der Waals surface area (Å²) in [5, 5.41) is 0.536. The summed E-state index contributed by atoms with van der Waals surface area (Å²) in [4.78, 5) is 16.3. The van der Waals surface area contributed by atoms with Gasteiger partial charge in [-0.2, -0.15) is 13.2 Å². The molecule has 0 aliphatic carbocycles. The van der Waals surface area contributed by atoms with Gasteiger partial charge in [-0.3, -0.25) is 9.69 Å². The third-order valence-corrected chi connectivity index (χ3v) is 5.61. The first kappa shape index (κ1) is 23.2. The zero-order valence-electron chi connectivity index (χ0n) is 17.3. The molecular weight excluding hydrogens is 433 g/mol. The van der Waals surface area contributed by atoms with Gasteiger partial charge in [0, 0.05) is 50.2 Å². The molecule has 1 saturated heterocycles. The van der Waals surface area contributed by atoms with Gasteiger partial charge in [-0.05, 0) is 29.3 Å². The van der Waals surface area contributed by atoms with Crippen molar-refractivity contribution in [2.24, 2.45) is 0 Å². The number of carbonyl (C=O) groups excluding carboxylic acids is 1. The predicted octanol–water partition coefficient (Wildman–Crippen LogP) is 4.61. The van der Waals surface area contributed by atoms with Gasteiger partial charge >= 0.3 is 6.18 Å². The van der Waals surface area contributed by atoms with E-state index in [4.69, 9.17) is 21.1 Å². The molecule has 0 unspecified atom stereocenters. The number of benzene rings is 2. The Morgan fingerprint density at radius 1 is 1.00 bits per heavy atom. The Morgan fingerprint density at radius 2 is 1.71 bits per heavy atom. The number of ether oxygens (including phenoxy) is 2. The summed E-state index contributed by atoms with van der Waals surface area (Å²) >= 11 is 6.38. The lowest BCUT2D eigenvalue weighted by Gasteiger charge is -2.23. The van der Waals surface area contributed by atoms with Gasteiger partial charge in [0.15, 0.2) is 11.5 Å². The highest BCUT2D eigenvalue weighted by atomic mass is 35.5. The summed E-state index contributed by atoms with van der Waals surface area (Å²) in [6.07, 6.45) is -4.13. The van der Waals surface area contributed by atoms with Gasteiger partial charge in [0.25, 0.3) is 0 Å². The Hall–Kier alpha value is -2.45. The molecule has 31 heavy (non-hydrogen) atoms. The van der Waals surface area contributed by atoms with Crippen molar-refractivity contribution in [1.29, 1.82) is 0 Å². The second-order valence-corrected chi connectivity index (χ2v) is 7.75. The maximum absolute atomic E-state index is 13.0. The van der Waals surface area contributed by atoms with E-state index in [1.54, 1.807) is 24.1 Å². The molecule has 0 bridgehead atoms. The number of alkyl halides is 3. The molecule has 9 heteroatoms. The van der Waals surface area contributed by atoms with E-state index in [9.17, 15) is 18.0 Å². The highest BCUT2D eigenvalue weighted by Crippen LogP contribution is 2.34. The molecule has 1 amide bonds. The van der Waals surface area contributed by atoms with Crippen LogP contribution in [0.15, 0.2) is 36.4 Å². The van der Waals surface area contributed by atoms with Crippen molar-refractivity contribution >= 4 is 17.5 Å². The Kier molecular flexibility index (Phi) is 7.33. The molecule has 0 spiro atoms. The van der Waals surface area contributed by atoms with E-state index in [0.29, 0.717) is 48.3 Å². The van der Waals surface area contributed by atoms with E-state index in [2.05, 4.69) is 4.90 Å². The van der Waals surface area contributed by atoms with Crippen LogP contribution < -0.4 is 9.47 Å². The second-order valence-electron chi connectivity index (χ2n) is 7.34. The van der Waals surface area contributed by atoms with Gasteiger partial charge in [0.2, 0.25) is 5.91 Å². The Bertz CT molecular complexity index is 937. The Labute approximate surface area is 184 Å². The molecule has 2 aromatic carbocycles. The maximum Gasteiger partial charge on any atom is 0.416 e. The number of carbonyl (C=O) groups is 1. The highest BCUT2D eigenvalue weighted by Gasteiger charge is 2.30. The monoisotopic (exact) mass is 456 g/mol. The Balaban J connectivity index is 1.68. The normalized spacial score (nSPS) is 15.7. The maximum atomic E-state index is 13.0. The van der Waals surface area contributed by atoms with Crippen molar-refractivity contribution in [2.75, 3.05) is 33.9 Å². The first-order valence-electron chi connectivity index (χ1n) is 9.78. The van der Waals surface area contributed by atoms with E-state index in [1.165, 1.54) is 13.2 Å². The minimum absolute atomic E-state index is 0.0849. The second kappa shape index (κ2) is 9.78. The average Bonchev–Trinajstić information content (AvgIpc) is 2.90. The van der Waals surface area contributed by atoms with Crippen LogP contribution in [0.1, 0.15) is 23.1 Å². The quantitative estimate of drug-likeness (QED) is 0.636. The topological polar surface area (TPSA) is 42.0 Å². The van der Waals surface area contributed by atoms with Crippen molar-refractivity contribution in [1.82, 2.24) is 9.80 Å². The van der Waals surface area contributed by atoms with Crippen LogP contribution in [0.5, 0.6) is 11.5 Å². The minimum atomic E-state index is -4.41. The van der Waals surface area contributed by atoms with Crippen molar-refractivity contribution < 1.29 is 27.4 Å². The molecule has 0 N–H and O–H groups in total. The highest BCUT2D eigenvalue weighted by molar-refractivity contribution is 6.31. The fraction of sp³-hybridized carbons (Fsp3) is 0.409. The van der Waals surface area contributed by atoms with Gasteiger partial charge in [-0.25, -0.2) is 0 Å². The third-order valence-electron chi connectivity index (χ3n) is 5.26. The molecular formula is C22H24ClF3N2O3. The number of amides is 1. The lowest BCUT2D eigenvalue weighted by molar-refractivity contribution is -0.137. The van der Waals surface area contributed by atoms with Crippen molar-refractivity contribution in [3.63, 3.8) is 0 Å². The molecule has 1 aliphatic rings. The van der Waals surface area contributed by atoms with E-state index in [1.807, 2.05) is 6.07 Å². The average molecular weight is 457 g/mol. The number of methoxy groups -OCH3 is 2. The number of halogens is 4. The van der Waals surface area contributed by atoms with Crippen LogP contribution >= 0.6 is 11.6 Å². The summed E-state index contributed by atoms with van der Waals surface area (Å²) < 4.78 is 49.5. The SMILES string of the molecule is COc1cc(Cl)c(CN2CCC(=O)N(Cc3cccc(C(F)(F)F)c3)CC2)cc1OC. The lowest BCUT2D eigenvalue weighted by atomic mass is 10.1. The first-order valence-corrected chi connectivity index (χ1v) is 10.2. The van der Waals surface area contributed by atoms with Crippen LogP contribution in [0.2, 0.25) is 5.02 Å². The molecule has 0 saturated carbocycles. The van der Waals surface area contributed by atoms with E-state index in [0.717, 1.165) is 17.7 Å².